The number of hydrogen-bond donors (Lipinski definition) is 1. The lowest BCUT2D eigenvalue weighted by molar-refractivity contribution is -0.385. The highest BCUT2D eigenvalue weighted by molar-refractivity contribution is 5.89. The van der Waals surface area contributed by atoms with Gasteiger partial charge in [0.1, 0.15) is 11.8 Å². The van der Waals surface area contributed by atoms with Gasteiger partial charge in [0.2, 0.25) is 17.6 Å². The van der Waals surface area contributed by atoms with E-state index in [0.717, 1.165) is 38.5 Å². The topological polar surface area (TPSA) is 128 Å². The number of benzene rings is 2. The number of amides is 2. The summed E-state index contributed by atoms with van der Waals surface area (Å²) in [6, 6.07) is 10.4. The predicted molar refractivity (Wildman–Crippen MR) is 150 cm³/mol. The fraction of sp³-hybridized carbons (Fsp3) is 0.500. The molecule has 1 N–H and O–H groups in total. The van der Waals surface area contributed by atoms with Gasteiger partial charge in [-0.25, -0.2) is 0 Å². The van der Waals surface area contributed by atoms with Crippen LogP contribution in [0.3, 0.4) is 0 Å². The van der Waals surface area contributed by atoms with Crippen LogP contribution < -0.4 is 10.1 Å². The zero-order valence-corrected chi connectivity index (χ0v) is 23.5. The summed E-state index contributed by atoms with van der Waals surface area (Å²) in [7, 11) is 1.23. The highest BCUT2D eigenvalue weighted by atomic mass is 16.6. The summed E-state index contributed by atoms with van der Waals surface area (Å²) in [5.74, 6) is -1.84. The van der Waals surface area contributed by atoms with Crippen molar-refractivity contribution in [3.63, 3.8) is 0 Å². The summed E-state index contributed by atoms with van der Waals surface area (Å²) in [5, 5.41) is 14.8. The molecule has 4 bridgehead atoms. The van der Waals surface area contributed by atoms with Gasteiger partial charge in [-0.05, 0) is 42.2 Å². The van der Waals surface area contributed by atoms with Gasteiger partial charge in [0.15, 0.2) is 0 Å². The summed E-state index contributed by atoms with van der Waals surface area (Å²) < 4.78 is 10.8. The molecule has 2 heterocycles. The smallest absolute Gasteiger partial charge is 0.314 e. The standard InChI is InChI=1S/C30H39N3O7/c1-4-6-8-9-13-25-29(35)31-20-24(30(36)39-3)22-14-15-27(26(19-22)33(37)38)40-23-12-10-11-21(17-23)18-28(34)32(25)16-7-5-2/h10-12,14-15,17,19,24-25H,4-9,13,16,18,20H2,1-3H3,(H,31,35). The van der Waals surface area contributed by atoms with Crippen LogP contribution in [0.4, 0.5) is 5.69 Å². The number of nitro groups is 1. The number of methoxy groups -OCH3 is 1. The van der Waals surface area contributed by atoms with Crippen LogP contribution >= 0.6 is 0 Å². The molecule has 216 valence electrons. The highest BCUT2D eigenvalue weighted by Crippen LogP contribution is 2.35. The zero-order chi connectivity index (χ0) is 29.1. The number of hydrogen-bond acceptors (Lipinski definition) is 7. The van der Waals surface area contributed by atoms with Gasteiger partial charge in [-0.1, -0.05) is 64.2 Å². The average molecular weight is 554 g/mol. The molecule has 2 aliphatic heterocycles. The Morgan fingerprint density at radius 2 is 1.88 bits per heavy atom. The molecule has 0 fully saturated rings. The first-order chi connectivity index (χ1) is 19.3. The van der Waals surface area contributed by atoms with Gasteiger partial charge in [0.05, 0.1) is 24.4 Å². The molecule has 10 nitrogen and oxygen atoms in total. The van der Waals surface area contributed by atoms with Crippen LogP contribution in [-0.2, 0) is 25.5 Å². The van der Waals surface area contributed by atoms with Crippen molar-refractivity contribution in [3.05, 3.63) is 63.7 Å². The Morgan fingerprint density at radius 3 is 2.58 bits per heavy atom. The first kappa shape index (κ1) is 30.6. The third kappa shape index (κ3) is 8.03. The van der Waals surface area contributed by atoms with Crippen LogP contribution in [0.25, 0.3) is 0 Å². The van der Waals surface area contributed by atoms with Crippen molar-refractivity contribution in [1.29, 1.82) is 0 Å². The quantitative estimate of drug-likeness (QED) is 0.183. The minimum atomic E-state index is -0.988. The number of fused-ring (bicyclic) bond motifs is 9. The molecule has 2 unspecified atom stereocenters. The Balaban J connectivity index is 2.09. The minimum Gasteiger partial charge on any atom is -0.468 e. The largest absolute Gasteiger partial charge is 0.468 e. The molecule has 0 saturated carbocycles. The molecule has 2 atom stereocenters. The first-order valence-corrected chi connectivity index (χ1v) is 14.0. The summed E-state index contributed by atoms with van der Waals surface area (Å²) in [5.41, 5.74) is 0.655. The van der Waals surface area contributed by atoms with E-state index in [1.165, 1.54) is 19.2 Å². The van der Waals surface area contributed by atoms with E-state index in [4.69, 9.17) is 9.47 Å². The SMILES string of the molecule is CCCCCCC1C(=O)NCC(C(=O)OC)c2ccc(c([N+](=O)[O-])c2)Oc2cccc(c2)CC(=O)N1CCCC. The Labute approximate surface area is 235 Å². The van der Waals surface area contributed by atoms with Crippen molar-refractivity contribution in [2.75, 3.05) is 20.2 Å². The van der Waals surface area contributed by atoms with Gasteiger partial charge in [-0.3, -0.25) is 24.5 Å². The zero-order valence-electron chi connectivity index (χ0n) is 23.5. The van der Waals surface area contributed by atoms with Gasteiger partial charge >= 0.3 is 11.7 Å². The Bertz CT molecular complexity index is 1200. The summed E-state index contributed by atoms with van der Waals surface area (Å²) in [6.07, 6.45) is 5.93. The average Bonchev–Trinajstić information content (AvgIpc) is 2.94. The maximum absolute atomic E-state index is 13.7. The van der Waals surface area contributed by atoms with Crippen LogP contribution in [0.15, 0.2) is 42.5 Å². The number of nitrogens with one attached hydrogen (secondary N) is 1. The molecule has 0 saturated heterocycles. The van der Waals surface area contributed by atoms with Crippen LogP contribution in [0.1, 0.15) is 75.8 Å². The van der Waals surface area contributed by atoms with E-state index >= 15 is 0 Å². The maximum atomic E-state index is 13.7. The molecule has 40 heavy (non-hydrogen) atoms. The van der Waals surface area contributed by atoms with Crippen LogP contribution in [0.5, 0.6) is 11.5 Å². The van der Waals surface area contributed by atoms with Gasteiger partial charge in [-0.2, -0.15) is 0 Å². The number of nitro benzene ring substituents is 1. The molecule has 2 aromatic carbocycles. The molecular formula is C30H39N3O7. The molecule has 0 aromatic heterocycles. The molecule has 10 heteroatoms. The molecule has 4 rings (SSSR count). The first-order valence-electron chi connectivity index (χ1n) is 14.0. The third-order valence-corrected chi connectivity index (χ3v) is 7.11. The summed E-state index contributed by atoms with van der Waals surface area (Å²) in [4.78, 5) is 53.1. The van der Waals surface area contributed by atoms with Crippen LogP contribution in [0, 0.1) is 10.1 Å². The van der Waals surface area contributed by atoms with Gasteiger partial charge in [-0.15, -0.1) is 0 Å². The summed E-state index contributed by atoms with van der Waals surface area (Å²) >= 11 is 0. The van der Waals surface area contributed by atoms with E-state index in [1.807, 2.05) is 6.92 Å². The lowest BCUT2D eigenvalue weighted by Gasteiger charge is -2.32. The molecule has 0 aliphatic carbocycles. The van der Waals surface area contributed by atoms with Crippen molar-refractivity contribution in [2.45, 2.75) is 77.2 Å². The van der Waals surface area contributed by atoms with E-state index < -0.39 is 22.9 Å². The number of rotatable bonds is 10. The Kier molecular flexibility index (Phi) is 11.5. The van der Waals surface area contributed by atoms with Crippen molar-refractivity contribution in [2.24, 2.45) is 0 Å². The lowest BCUT2D eigenvalue weighted by Crippen LogP contribution is -2.51. The van der Waals surface area contributed by atoms with E-state index in [9.17, 15) is 24.5 Å². The van der Waals surface area contributed by atoms with E-state index in [-0.39, 0.29) is 36.2 Å². The normalized spacial score (nSPS) is 17.7. The molecule has 2 aliphatic rings. The fourth-order valence-electron chi connectivity index (χ4n) is 4.88. The van der Waals surface area contributed by atoms with Crippen LogP contribution in [-0.4, -0.2) is 53.8 Å². The number of ether oxygens (including phenoxy) is 2. The van der Waals surface area contributed by atoms with Crippen molar-refractivity contribution in [1.82, 2.24) is 10.2 Å². The van der Waals surface area contributed by atoms with Gasteiger partial charge in [0, 0.05) is 19.2 Å². The predicted octanol–water partition coefficient (Wildman–Crippen LogP) is 5.28. The number of carbonyl (C=O) groups excluding carboxylic acids is 3. The van der Waals surface area contributed by atoms with Crippen LogP contribution in [0.2, 0.25) is 0 Å². The minimum absolute atomic E-state index is 0.00584. The Morgan fingerprint density at radius 1 is 1.10 bits per heavy atom. The third-order valence-electron chi connectivity index (χ3n) is 7.11. The second-order valence-electron chi connectivity index (χ2n) is 10.0. The molecule has 0 spiro atoms. The molecule has 2 aromatic rings. The fourth-order valence-corrected chi connectivity index (χ4v) is 4.88. The lowest BCUT2D eigenvalue weighted by atomic mass is 9.97. The van der Waals surface area contributed by atoms with Crippen molar-refractivity contribution >= 4 is 23.5 Å². The van der Waals surface area contributed by atoms with E-state index in [0.29, 0.717) is 29.8 Å². The second kappa shape index (κ2) is 15.0. The van der Waals surface area contributed by atoms with Gasteiger partial charge in [0.25, 0.3) is 0 Å². The monoisotopic (exact) mass is 553 g/mol. The number of unbranched alkanes of at least 4 members (excludes halogenated alkanes) is 4. The van der Waals surface area contributed by atoms with E-state index in [2.05, 4.69) is 12.2 Å². The highest BCUT2D eigenvalue weighted by Gasteiger charge is 2.32. The second-order valence-corrected chi connectivity index (χ2v) is 10.0. The van der Waals surface area contributed by atoms with E-state index in [1.54, 1.807) is 35.2 Å². The number of carbonyl (C=O) groups is 3. The maximum Gasteiger partial charge on any atom is 0.314 e. The molecule has 0 radical (unpaired) electrons. The Hall–Kier alpha value is -3.95. The molecular weight excluding hydrogens is 514 g/mol. The molecule has 2 amide bonds. The summed E-state index contributed by atoms with van der Waals surface area (Å²) in [6.45, 7) is 4.44. The van der Waals surface area contributed by atoms with Crippen molar-refractivity contribution in [3.8, 4) is 11.5 Å². The van der Waals surface area contributed by atoms with Gasteiger partial charge < -0.3 is 19.7 Å². The number of nitrogens with zero attached hydrogens (tertiary/aromatic N) is 2. The number of esters is 1. The van der Waals surface area contributed by atoms with Crippen molar-refractivity contribution < 1.29 is 28.8 Å².